The Morgan fingerprint density at radius 2 is 1.78 bits per heavy atom. The first-order valence-corrected chi connectivity index (χ1v) is 8.97. The smallest absolute Gasteiger partial charge is 0.313 e. The fourth-order valence-electron chi connectivity index (χ4n) is 2.49. The van der Waals surface area contributed by atoms with E-state index in [-0.39, 0.29) is 0 Å². The molecule has 0 aliphatic carbocycles. The summed E-state index contributed by atoms with van der Waals surface area (Å²) in [5, 5.41) is 5.57. The van der Waals surface area contributed by atoms with E-state index in [0.717, 1.165) is 18.5 Å². The number of ether oxygens (including phenoxy) is 1. The minimum Gasteiger partial charge on any atom is -0.495 e. The highest BCUT2D eigenvalue weighted by molar-refractivity contribution is 6.40. The van der Waals surface area contributed by atoms with Gasteiger partial charge in [0.1, 0.15) is 5.75 Å². The minimum atomic E-state index is -0.758. The van der Waals surface area contributed by atoms with Gasteiger partial charge >= 0.3 is 11.8 Å². The zero-order valence-electron chi connectivity index (χ0n) is 15.7. The van der Waals surface area contributed by atoms with Crippen molar-refractivity contribution in [2.24, 2.45) is 0 Å². The highest BCUT2D eigenvalue weighted by Crippen LogP contribution is 2.27. The second-order valence-corrected chi connectivity index (χ2v) is 6.66. The van der Waals surface area contributed by atoms with Gasteiger partial charge in [0, 0.05) is 31.4 Å². The van der Waals surface area contributed by atoms with Crippen LogP contribution in [0.25, 0.3) is 0 Å². The first-order valence-electron chi connectivity index (χ1n) is 8.59. The molecule has 0 spiro atoms. The van der Waals surface area contributed by atoms with Crippen LogP contribution >= 0.6 is 11.6 Å². The van der Waals surface area contributed by atoms with E-state index < -0.39 is 11.8 Å². The normalized spacial score (nSPS) is 10.2. The fourth-order valence-corrected chi connectivity index (χ4v) is 2.66. The van der Waals surface area contributed by atoms with Crippen molar-refractivity contribution in [2.45, 2.75) is 12.8 Å². The summed E-state index contributed by atoms with van der Waals surface area (Å²) in [6.07, 6.45) is 1.55. The summed E-state index contributed by atoms with van der Waals surface area (Å²) < 4.78 is 5.14. The number of hydrogen-bond donors (Lipinski definition) is 2. The van der Waals surface area contributed by atoms with Gasteiger partial charge in [0.05, 0.1) is 12.8 Å². The van der Waals surface area contributed by atoms with Crippen molar-refractivity contribution in [3.05, 3.63) is 53.1 Å². The largest absolute Gasteiger partial charge is 0.495 e. The molecule has 2 aromatic carbocycles. The van der Waals surface area contributed by atoms with Crippen LogP contribution in [0.4, 0.5) is 11.4 Å². The second-order valence-electron chi connectivity index (χ2n) is 6.22. The molecule has 6 nitrogen and oxygen atoms in total. The van der Waals surface area contributed by atoms with Gasteiger partial charge in [0.15, 0.2) is 0 Å². The summed E-state index contributed by atoms with van der Waals surface area (Å²) in [5.41, 5.74) is 2.68. The lowest BCUT2D eigenvalue weighted by molar-refractivity contribution is -0.136. The molecule has 0 aromatic heterocycles. The summed E-state index contributed by atoms with van der Waals surface area (Å²) in [7, 11) is 5.47. The van der Waals surface area contributed by atoms with E-state index in [1.165, 1.54) is 18.7 Å². The Kier molecular flexibility index (Phi) is 7.49. The van der Waals surface area contributed by atoms with Crippen LogP contribution in [0, 0.1) is 0 Å². The highest BCUT2D eigenvalue weighted by atomic mass is 35.5. The molecular formula is C20H24ClN3O3. The van der Waals surface area contributed by atoms with Crippen LogP contribution in [0.2, 0.25) is 5.02 Å². The van der Waals surface area contributed by atoms with Gasteiger partial charge in [0.25, 0.3) is 0 Å². The zero-order chi connectivity index (χ0) is 19.8. The average Bonchev–Trinajstić information content (AvgIpc) is 2.65. The Morgan fingerprint density at radius 1 is 1.07 bits per heavy atom. The molecule has 0 unspecified atom stereocenters. The number of carbonyl (C=O) groups is 2. The number of anilines is 2. The quantitative estimate of drug-likeness (QED) is 0.564. The molecule has 0 atom stereocenters. The third kappa shape index (κ3) is 6.18. The lowest BCUT2D eigenvalue weighted by atomic mass is 10.1. The third-order valence-electron chi connectivity index (χ3n) is 4.00. The standard InChI is InChI=1S/C20H24ClN3O3/c1-24(2)16-9-6-14(7-10-16)5-4-12-22-19(25)20(26)23-17-13-15(21)8-11-18(17)27-3/h6-11,13H,4-5,12H2,1-3H3,(H,22,25)(H,23,26). The first-order chi connectivity index (χ1) is 12.9. The van der Waals surface area contributed by atoms with Crippen LogP contribution in [0.1, 0.15) is 12.0 Å². The topological polar surface area (TPSA) is 70.7 Å². The molecule has 0 radical (unpaired) electrons. The Labute approximate surface area is 164 Å². The molecule has 0 saturated carbocycles. The molecule has 144 valence electrons. The Hall–Kier alpha value is -2.73. The van der Waals surface area contributed by atoms with Crippen molar-refractivity contribution < 1.29 is 14.3 Å². The molecule has 2 amide bonds. The maximum absolute atomic E-state index is 12.0. The molecule has 2 N–H and O–H groups in total. The number of carbonyl (C=O) groups excluding carboxylic acids is 2. The Bertz CT molecular complexity index is 792. The molecular weight excluding hydrogens is 366 g/mol. The average molecular weight is 390 g/mol. The molecule has 0 saturated heterocycles. The van der Waals surface area contributed by atoms with Gasteiger partial charge in [-0.15, -0.1) is 0 Å². The Morgan fingerprint density at radius 3 is 2.41 bits per heavy atom. The van der Waals surface area contributed by atoms with Crippen LogP contribution in [0.15, 0.2) is 42.5 Å². The van der Waals surface area contributed by atoms with Crippen LogP contribution in [0.5, 0.6) is 5.75 Å². The highest BCUT2D eigenvalue weighted by Gasteiger charge is 2.15. The number of methoxy groups -OCH3 is 1. The molecule has 2 rings (SSSR count). The minimum absolute atomic E-state index is 0.353. The predicted octanol–water partition coefficient (Wildman–Crippen LogP) is 3.10. The van der Waals surface area contributed by atoms with Gasteiger partial charge in [-0.05, 0) is 48.7 Å². The number of rotatable bonds is 7. The van der Waals surface area contributed by atoms with Gasteiger partial charge in [0.2, 0.25) is 0 Å². The van der Waals surface area contributed by atoms with Crippen LogP contribution in [0.3, 0.4) is 0 Å². The van der Waals surface area contributed by atoms with Crippen molar-refractivity contribution in [3.8, 4) is 5.75 Å². The number of nitrogens with one attached hydrogen (secondary N) is 2. The van der Waals surface area contributed by atoms with Gasteiger partial charge in [-0.2, -0.15) is 0 Å². The molecule has 2 aromatic rings. The van der Waals surface area contributed by atoms with E-state index in [1.54, 1.807) is 12.1 Å². The van der Waals surface area contributed by atoms with Crippen LogP contribution in [-0.2, 0) is 16.0 Å². The SMILES string of the molecule is COc1ccc(Cl)cc1NC(=O)C(=O)NCCCc1ccc(N(C)C)cc1. The molecule has 0 aliphatic heterocycles. The lowest BCUT2D eigenvalue weighted by Crippen LogP contribution is -2.36. The second kappa shape index (κ2) is 9.83. The van der Waals surface area contributed by atoms with Gasteiger partial charge in [-0.3, -0.25) is 9.59 Å². The number of amides is 2. The molecule has 0 aliphatic rings. The van der Waals surface area contributed by atoms with E-state index in [0.29, 0.717) is 23.0 Å². The Balaban J connectivity index is 1.78. The van der Waals surface area contributed by atoms with Gasteiger partial charge in [-0.25, -0.2) is 0 Å². The molecule has 0 fully saturated rings. The molecule has 0 bridgehead atoms. The number of halogens is 1. The van der Waals surface area contributed by atoms with Gasteiger partial charge < -0.3 is 20.3 Å². The van der Waals surface area contributed by atoms with E-state index in [9.17, 15) is 9.59 Å². The number of hydrogen-bond acceptors (Lipinski definition) is 4. The lowest BCUT2D eigenvalue weighted by Gasteiger charge is -2.12. The third-order valence-corrected chi connectivity index (χ3v) is 4.23. The summed E-state index contributed by atoms with van der Waals surface area (Å²) in [4.78, 5) is 26.0. The first kappa shape index (κ1) is 20.6. The van der Waals surface area contributed by atoms with Crippen molar-refractivity contribution >= 4 is 34.8 Å². The summed E-state index contributed by atoms with van der Waals surface area (Å²) in [6, 6.07) is 13.0. The van der Waals surface area contributed by atoms with E-state index in [4.69, 9.17) is 16.3 Å². The van der Waals surface area contributed by atoms with Crippen LogP contribution < -0.4 is 20.3 Å². The maximum Gasteiger partial charge on any atom is 0.313 e. The van der Waals surface area contributed by atoms with Gasteiger partial charge in [-0.1, -0.05) is 23.7 Å². The summed E-state index contributed by atoms with van der Waals surface area (Å²) >= 11 is 5.91. The van der Waals surface area contributed by atoms with Crippen LogP contribution in [-0.4, -0.2) is 39.6 Å². The van der Waals surface area contributed by atoms with Crippen molar-refractivity contribution in [2.75, 3.05) is 38.0 Å². The van der Waals surface area contributed by atoms with E-state index in [2.05, 4.69) is 34.9 Å². The summed E-state index contributed by atoms with van der Waals surface area (Å²) in [6.45, 7) is 0.411. The molecule has 0 heterocycles. The van der Waals surface area contributed by atoms with Crippen molar-refractivity contribution in [1.29, 1.82) is 0 Å². The molecule has 27 heavy (non-hydrogen) atoms. The number of aryl methyl sites for hydroxylation is 1. The fraction of sp³-hybridized carbons (Fsp3) is 0.300. The predicted molar refractivity (Wildman–Crippen MR) is 109 cm³/mol. The number of benzene rings is 2. The molecule has 7 heteroatoms. The van der Waals surface area contributed by atoms with E-state index >= 15 is 0 Å². The monoisotopic (exact) mass is 389 g/mol. The summed E-state index contributed by atoms with van der Waals surface area (Å²) in [5.74, 6) is -1.02. The van der Waals surface area contributed by atoms with Crippen molar-refractivity contribution in [1.82, 2.24) is 5.32 Å². The number of nitrogens with zero attached hydrogens (tertiary/aromatic N) is 1. The van der Waals surface area contributed by atoms with Crippen molar-refractivity contribution in [3.63, 3.8) is 0 Å². The zero-order valence-corrected chi connectivity index (χ0v) is 16.5. The van der Waals surface area contributed by atoms with E-state index in [1.807, 2.05) is 19.0 Å². The maximum atomic E-state index is 12.0.